The number of alkyl halides is 3. The zero-order valence-electron chi connectivity index (χ0n) is 11.1. The van der Waals surface area contributed by atoms with Crippen molar-refractivity contribution in [2.24, 2.45) is 0 Å². The van der Waals surface area contributed by atoms with Crippen molar-refractivity contribution in [1.82, 2.24) is 9.97 Å². The van der Waals surface area contributed by atoms with E-state index in [1.54, 1.807) is 18.5 Å². The molecule has 0 aliphatic carbocycles. The molecule has 0 amide bonds. The SMILES string of the molecule is Cc1nccnc1C(C)Nc1cccc(C(F)(F)F)c1. The van der Waals surface area contributed by atoms with Crippen LogP contribution in [-0.2, 0) is 6.18 Å². The zero-order chi connectivity index (χ0) is 14.8. The van der Waals surface area contributed by atoms with E-state index in [1.807, 2.05) is 13.8 Å². The van der Waals surface area contributed by atoms with Crippen molar-refractivity contribution in [2.45, 2.75) is 26.1 Å². The fourth-order valence-corrected chi connectivity index (χ4v) is 1.95. The van der Waals surface area contributed by atoms with E-state index in [2.05, 4.69) is 15.3 Å². The predicted octanol–water partition coefficient (Wildman–Crippen LogP) is 3.98. The second-order valence-electron chi connectivity index (χ2n) is 4.47. The number of rotatable bonds is 3. The van der Waals surface area contributed by atoms with Crippen LogP contribution < -0.4 is 5.32 Å². The molecule has 0 spiro atoms. The quantitative estimate of drug-likeness (QED) is 0.924. The number of anilines is 1. The third-order valence-electron chi connectivity index (χ3n) is 2.90. The van der Waals surface area contributed by atoms with Crippen LogP contribution in [0.15, 0.2) is 36.7 Å². The van der Waals surface area contributed by atoms with Gasteiger partial charge in [-0.25, -0.2) is 0 Å². The molecule has 0 saturated carbocycles. The summed E-state index contributed by atoms with van der Waals surface area (Å²) in [5, 5.41) is 3.01. The smallest absolute Gasteiger partial charge is 0.377 e. The van der Waals surface area contributed by atoms with Gasteiger partial charge in [0.25, 0.3) is 0 Å². The summed E-state index contributed by atoms with van der Waals surface area (Å²) in [5.74, 6) is 0. The average Bonchev–Trinajstić information content (AvgIpc) is 2.38. The molecule has 2 rings (SSSR count). The molecule has 2 aromatic rings. The van der Waals surface area contributed by atoms with E-state index in [9.17, 15) is 13.2 Å². The highest BCUT2D eigenvalue weighted by Gasteiger charge is 2.30. The maximum Gasteiger partial charge on any atom is 0.416 e. The minimum absolute atomic E-state index is 0.229. The molecule has 0 fully saturated rings. The Morgan fingerprint density at radius 1 is 1.15 bits per heavy atom. The summed E-state index contributed by atoms with van der Waals surface area (Å²) in [7, 11) is 0. The van der Waals surface area contributed by atoms with Crippen LogP contribution >= 0.6 is 0 Å². The normalized spacial score (nSPS) is 13.1. The van der Waals surface area contributed by atoms with Crippen molar-refractivity contribution in [3.05, 3.63) is 53.6 Å². The molecule has 1 aromatic carbocycles. The molecule has 0 saturated heterocycles. The van der Waals surface area contributed by atoms with Crippen LogP contribution in [0.5, 0.6) is 0 Å². The maximum absolute atomic E-state index is 12.6. The van der Waals surface area contributed by atoms with Gasteiger partial charge in [-0.3, -0.25) is 9.97 Å². The Morgan fingerprint density at radius 3 is 2.50 bits per heavy atom. The molecular formula is C14H14F3N3. The van der Waals surface area contributed by atoms with Crippen molar-refractivity contribution >= 4 is 5.69 Å². The van der Waals surface area contributed by atoms with Crippen molar-refractivity contribution in [3.63, 3.8) is 0 Å². The van der Waals surface area contributed by atoms with Gasteiger partial charge in [-0.05, 0) is 32.0 Å². The summed E-state index contributed by atoms with van der Waals surface area (Å²) in [6.07, 6.45) is -1.20. The molecule has 0 radical (unpaired) electrons. The van der Waals surface area contributed by atoms with E-state index in [1.165, 1.54) is 6.07 Å². The van der Waals surface area contributed by atoms with Crippen molar-refractivity contribution in [1.29, 1.82) is 0 Å². The van der Waals surface area contributed by atoms with Gasteiger partial charge in [0.1, 0.15) is 0 Å². The molecule has 1 atom stereocenters. The van der Waals surface area contributed by atoms with Crippen LogP contribution in [0.1, 0.15) is 29.9 Å². The monoisotopic (exact) mass is 281 g/mol. The number of aryl methyl sites for hydroxylation is 1. The maximum atomic E-state index is 12.6. The van der Waals surface area contributed by atoms with Crippen molar-refractivity contribution in [2.75, 3.05) is 5.32 Å². The van der Waals surface area contributed by atoms with Gasteiger partial charge in [0.05, 0.1) is 23.0 Å². The minimum atomic E-state index is -4.34. The number of nitrogens with zero attached hydrogens (tertiary/aromatic N) is 2. The summed E-state index contributed by atoms with van der Waals surface area (Å²) >= 11 is 0. The second-order valence-corrected chi connectivity index (χ2v) is 4.47. The molecule has 1 aromatic heterocycles. The van der Waals surface area contributed by atoms with Gasteiger partial charge in [0.15, 0.2) is 0 Å². The largest absolute Gasteiger partial charge is 0.416 e. The lowest BCUT2D eigenvalue weighted by Gasteiger charge is -2.17. The van der Waals surface area contributed by atoms with Crippen LogP contribution in [0, 0.1) is 6.92 Å². The molecule has 1 heterocycles. The Hall–Kier alpha value is -2.11. The first-order valence-electron chi connectivity index (χ1n) is 6.09. The number of aromatic nitrogens is 2. The summed E-state index contributed by atoms with van der Waals surface area (Å²) < 4.78 is 37.9. The Balaban J connectivity index is 2.20. The van der Waals surface area contributed by atoms with Crippen LogP contribution in [0.25, 0.3) is 0 Å². The highest BCUT2D eigenvalue weighted by atomic mass is 19.4. The Labute approximate surface area is 114 Å². The first kappa shape index (κ1) is 14.3. The zero-order valence-corrected chi connectivity index (χ0v) is 11.1. The fourth-order valence-electron chi connectivity index (χ4n) is 1.95. The molecule has 106 valence electrons. The molecule has 0 aliphatic heterocycles. The first-order valence-corrected chi connectivity index (χ1v) is 6.09. The molecule has 0 aliphatic rings. The van der Waals surface area contributed by atoms with E-state index in [0.717, 1.165) is 17.8 Å². The first-order chi connectivity index (χ1) is 9.38. The summed E-state index contributed by atoms with van der Waals surface area (Å²) in [6.45, 7) is 3.64. The van der Waals surface area contributed by atoms with E-state index >= 15 is 0 Å². The average molecular weight is 281 g/mol. The van der Waals surface area contributed by atoms with Crippen LogP contribution in [0.4, 0.5) is 18.9 Å². The van der Waals surface area contributed by atoms with Crippen LogP contribution in [0.3, 0.4) is 0 Å². The van der Waals surface area contributed by atoms with E-state index in [0.29, 0.717) is 11.4 Å². The van der Waals surface area contributed by atoms with Gasteiger partial charge in [0.2, 0.25) is 0 Å². The highest BCUT2D eigenvalue weighted by Crippen LogP contribution is 2.31. The van der Waals surface area contributed by atoms with Gasteiger partial charge >= 0.3 is 6.18 Å². The standard InChI is InChI=1S/C14H14F3N3/c1-9-13(19-7-6-18-9)10(2)20-12-5-3-4-11(8-12)14(15,16)17/h3-8,10,20H,1-2H3. The molecule has 1 N–H and O–H groups in total. The van der Waals surface area contributed by atoms with Gasteiger partial charge < -0.3 is 5.32 Å². The number of halogens is 3. The van der Waals surface area contributed by atoms with E-state index in [4.69, 9.17) is 0 Å². The molecule has 1 unspecified atom stereocenters. The topological polar surface area (TPSA) is 37.8 Å². The predicted molar refractivity (Wildman–Crippen MR) is 70.3 cm³/mol. The van der Waals surface area contributed by atoms with Crippen LogP contribution in [-0.4, -0.2) is 9.97 Å². The lowest BCUT2D eigenvalue weighted by atomic mass is 10.1. The molecule has 0 bridgehead atoms. The Morgan fingerprint density at radius 2 is 1.85 bits per heavy atom. The fraction of sp³-hybridized carbons (Fsp3) is 0.286. The lowest BCUT2D eigenvalue weighted by Crippen LogP contribution is -2.12. The summed E-state index contributed by atoms with van der Waals surface area (Å²) in [6, 6.07) is 4.87. The Kier molecular flexibility index (Phi) is 3.92. The summed E-state index contributed by atoms with van der Waals surface area (Å²) in [5.41, 5.74) is 1.19. The molecular weight excluding hydrogens is 267 g/mol. The van der Waals surface area contributed by atoms with E-state index in [-0.39, 0.29) is 6.04 Å². The third-order valence-corrected chi connectivity index (χ3v) is 2.90. The lowest BCUT2D eigenvalue weighted by molar-refractivity contribution is -0.137. The second kappa shape index (κ2) is 5.48. The van der Waals surface area contributed by atoms with Gasteiger partial charge in [-0.2, -0.15) is 13.2 Å². The number of hydrogen-bond acceptors (Lipinski definition) is 3. The van der Waals surface area contributed by atoms with E-state index < -0.39 is 11.7 Å². The number of benzene rings is 1. The van der Waals surface area contributed by atoms with Gasteiger partial charge in [0, 0.05) is 18.1 Å². The summed E-state index contributed by atoms with van der Waals surface area (Å²) in [4.78, 5) is 8.31. The minimum Gasteiger partial charge on any atom is -0.377 e. The molecule has 20 heavy (non-hydrogen) atoms. The van der Waals surface area contributed by atoms with Crippen molar-refractivity contribution in [3.8, 4) is 0 Å². The third kappa shape index (κ3) is 3.26. The number of hydrogen-bond donors (Lipinski definition) is 1. The van der Waals surface area contributed by atoms with Crippen molar-refractivity contribution < 1.29 is 13.2 Å². The highest BCUT2D eigenvalue weighted by molar-refractivity contribution is 5.48. The number of nitrogens with one attached hydrogen (secondary N) is 1. The van der Waals surface area contributed by atoms with Gasteiger partial charge in [-0.15, -0.1) is 0 Å². The van der Waals surface area contributed by atoms with Gasteiger partial charge in [-0.1, -0.05) is 6.07 Å². The molecule has 3 nitrogen and oxygen atoms in total. The Bertz CT molecular complexity index is 596. The molecule has 6 heteroatoms. The van der Waals surface area contributed by atoms with Crippen LogP contribution in [0.2, 0.25) is 0 Å².